The zero-order chi connectivity index (χ0) is 23.5. The Kier molecular flexibility index (Phi) is 10.1. The lowest BCUT2D eigenvalue weighted by Gasteiger charge is -2.17. The van der Waals surface area contributed by atoms with Crippen molar-refractivity contribution in [3.8, 4) is 23.0 Å². The molecule has 0 unspecified atom stereocenters. The molecule has 0 amide bonds. The van der Waals surface area contributed by atoms with Gasteiger partial charge in [-0.3, -0.25) is 4.79 Å². The number of benzene rings is 2. The van der Waals surface area contributed by atoms with Crippen LogP contribution < -0.4 is 29.6 Å². The van der Waals surface area contributed by atoms with Gasteiger partial charge in [0.2, 0.25) is 0 Å². The van der Waals surface area contributed by atoms with Gasteiger partial charge >= 0.3 is 5.97 Å². The number of carboxylic acid groups (broad SMARTS) is 1. The molecular weight excluding hydrogens is 436 g/mol. The van der Waals surface area contributed by atoms with Crippen molar-refractivity contribution in [1.82, 2.24) is 10.6 Å². The lowest BCUT2D eigenvalue weighted by molar-refractivity contribution is -0.135. The standard InChI is InChI=1S/C23H29ClN2O6/c1-29-18-9-21(31-3)19(22(10-18)32-4)13-25-11-15(12-26-14-23(27)28)7-16-8-17(24)5-6-20(16)30-2/h5-10,25-26H,11-14H2,1-4H3,(H,27,28)/b15-7+. The lowest BCUT2D eigenvalue weighted by atomic mass is 10.1. The monoisotopic (exact) mass is 464 g/mol. The van der Waals surface area contributed by atoms with Crippen molar-refractivity contribution in [3.63, 3.8) is 0 Å². The third-order valence-corrected chi connectivity index (χ3v) is 4.89. The number of hydrogen-bond donors (Lipinski definition) is 3. The summed E-state index contributed by atoms with van der Waals surface area (Å²) < 4.78 is 21.7. The Morgan fingerprint density at radius 1 is 0.906 bits per heavy atom. The molecule has 0 bridgehead atoms. The van der Waals surface area contributed by atoms with E-state index in [-0.39, 0.29) is 6.54 Å². The molecule has 9 heteroatoms. The van der Waals surface area contributed by atoms with Crippen LogP contribution in [0.2, 0.25) is 5.02 Å². The van der Waals surface area contributed by atoms with Crippen LogP contribution in [0.1, 0.15) is 11.1 Å². The fourth-order valence-electron chi connectivity index (χ4n) is 3.13. The van der Waals surface area contributed by atoms with Gasteiger partial charge in [0.1, 0.15) is 23.0 Å². The summed E-state index contributed by atoms with van der Waals surface area (Å²) in [5, 5.41) is 15.8. The van der Waals surface area contributed by atoms with Crippen LogP contribution in [0.5, 0.6) is 23.0 Å². The molecule has 0 atom stereocenters. The normalized spacial score (nSPS) is 11.2. The molecule has 0 radical (unpaired) electrons. The Hall–Kier alpha value is -2.94. The van der Waals surface area contributed by atoms with Crippen molar-refractivity contribution in [2.45, 2.75) is 6.54 Å². The summed E-state index contributed by atoms with van der Waals surface area (Å²) in [6.45, 7) is 1.15. The molecule has 0 heterocycles. The highest BCUT2D eigenvalue weighted by molar-refractivity contribution is 6.30. The minimum Gasteiger partial charge on any atom is -0.496 e. The van der Waals surface area contributed by atoms with Gasteiger partial charge in [0.25, 0.3) is 0 Å². The van der Waals surface area contributed by atoms with Gasteiger partial charge in [-0.25, -0.2) is 0 Å². The van der Waals surface area contributed by atoms with Crippen molar-refractivity contribution < 1.29 is 28.8 Å². The molecule has 0 spiro atoms. The van der Waals surface area contributed by atoms with Gasteiger partial charge in [-0.2, -0.15) is 0 Å². The predicted molar refractivity (Wildman–Crippen MR) is 124 cm³/mol. The first kappa shape index (κ1) is 25.3. The average Bonchev–Trinajstić information content (AvgIpc) is 2.78. The highest BCUT2D eigenvalue weighted by atomic mass is 35.5. The van der Waals surface area contributed by atoms with Gasteiger partial charge in [0.15, 0.2) is 0 Å². The molecule has 0 aliphatic heterocycles. The van der Waals surface area contributed by atoms with Gasteiger partial charge in [0.05, 0.1) is 40.5 Å². The molecule has 32 heavy (non-hydrogen) atoms. The zero-order valence-electron chi connectivity index (χ0n) is 18.7. The minimum atomic E-state index is -0.926. The molecule has 0 aromatic heterocycles. The van der Waals surface area contributed by atoms with Gasteiger partial charge in [-0.1, -0.05) is 11.6 Å². The third-order valence-electron chi connectivity index (χ3n) is 4.65. The van der Waals surface area contributed by atoms with Crippen LogP contribution in [0, 0.1) is 0 Å². The van der Waals surface area contributed by atoms with E-state index in [1.807, 2.05) is 6.08 Å². The number of nitrogens with one attached hydrogen (secondary N) is 2. The molecule has 2 aromatic carbocycles. The number of methoxy groups -OCH3 is 4. The average molecular weight is 465 g/mol. The van der Waals surface area contributed by atoms with E-state index in [0.717, 1.165) is 16.7 Å². The van der Waals surface area contributed by atoms with Gasteiger partial charge in [0, 0.05) is 42.4 Å². The number of carbonyl (C=O) groups is 1. The Bertz CT molecular complexity index is 923. The van der Waals surface area contributed by atoms with Crippen molar-refractivity contribution in [3.05, 3.63) is 52.1 Å². The van der Waals surface area contributed by atoms with Gasteiger partial charge in [-0.15, -0.1) is 0 Å². The maximum absolute atomic E-state index is 10.9. The van der Waals surface area contributed by atoms with Gasteiger partial charge < -0.3 is 34.7 Å². The van der Waals surface area contributed by atoms with Gasteiger partial charge in [-0.05, 0) is 29.8 Å². The quantitative estimate of drug-likeness (QED) is 0.415. The van der Waals surface area contributed by atoms with Crippen LogP contribution in [-0.2, 0) is 11.3 Å². The number of ether oxygens (including phenoxy) is 4. The van der Waals surface area contributed by atoms with E-state index in [1.54, 1.807) is 58.8 Å². The van der Waals surface area contributed by atoms with Crippen LogP contribution in [0.3, 0.4) is 0 Å². The van der Waals surface area contributed by atoms with Crippen LogP contribution in [0.15, 0.2) is 35.9 Å². The Morgan fingerprint density at radius 3 is 2.09 bits per heavy atom. The topological polar surface area (TPSA) is 98.3 Å². The smallest absolute Gasteiger partial charge is 0.317 e. The van der Waals surface area contributed by atoms with E-state index in [1.165, 1.54) is 0 Å². The summed E-state index contributed by atoms with van der Waals surface area (Å²) in [6, 6.07) is 8.92. The summed E-state index contributed by atoms with van der Waals surface area (Å²) in [5.74, 6) is 1.66. The Morgan fingerprint density at radius 2 is 1.53 bits per heavy atom. The summed E-state index contributed by atoms with van der Waals surface area (Å²) in [6.07, 6.45) is 1.93. The highest BCUT2D eigenvalue weighted by Gasteiger charge is 2.13. The summed E-state index contributed by atoms with van der Waals surface area (Å²) in [5.41, 5.74) is 2.56. The number of carboxylic acids is 1. The zero-order valence-corrected chi connectivity index (χ0v) is 19.4. The predicted octanol–water partition coefficient (Wildman–Crippen LogP) is 3.22. The first-order valence-corrected chi connectivity index (χ1v) is 10.2. The first-order valence-electron chi connectivity index (χ1n) is 9.86. The molecule has 2 aromatic rings. The molecule has 0 aliphatic carbocycles. The fraction of sp³-hybridized carbons (Fsp3) is 0.348. The molecule has 0 saturated heterocycles. The van der Waals surface area contributed by atoms with Crippen molar-refractivity contribution in [2.75, 3.05) is 48.1 Å². The van der Waals surface area contributed by atoms with Crippen molar-refractivity contribution in [2.24, 2.45) is 0 Å². The summed E-state index contributed by atoms with van der Waals surface area (Å²) in [4.78, 5) is 10.9. The molecule has 0 saturated carbocycles. The summed E-state index contributed by atoms with van der Waals surface area (Å²) >= 11 is 6.15. The number of halogens is 1. The lowest BCUT2D eigenvalue weighted by Crippen LogP contribution is -2.28. The first-order chi connectivity index (χ1) is 15.4. The molecule has 0 fully saturated rings. The van der Waals surface area contributed by atoms with Crippen LogP contribution in [0.25, 0.3) is 6.08 Å². The SMILES string of the molecule is COc1cc(OC)c(CNC/C(=C\c2cc(Cl)ccc2OC)CNCC(=O)O)c(OC)c1. The molecule has 0 aliphatic rings. The number of aliphatic carboxylic acids is 1. The second kappa shape index (κ2) is 12.8. The van der Waals surface area contributed by atoms with Crippen LogP contribution >= 0.6 is 11.6 Å². The molecule has 8 nitrogen and oxygen atoms in total. The van der Waals surface area contributed by atoms with Crippen molar-refractivity contribution >= 4 is 23.6 Å². The second-order valence-electron chi connectivity index (χ2n) is 6.80. The third kappa shape index (κ3) is 7.33. The maximum atomic E-state index is 10.9. The minimum absolute atomic E-state index is 0.149. The Labute approximate surface area is 193 Å². The van der Waals surface area contributed by atoms with E-state index in [0.29, 0.717) is 47.7 Å². The second-order valence-corrected chi connectivity index (χ2v) is 7.24. The van der Waals surface area contributed by atoms with Crippen LogP contribution in [-0.4, -0.2) is 59.1 Å². The Balaban J connectivity index is 2.22. The van der Waals surface area contributed by atoms with E-state index in [2.05, 4.69) is 10.6 Å². The van der Waals surface area contributed by atoms with E-state index in [4.69, 9.17) is 35.7 Å². The molecule has 2 rings (SSSR count). The molecule has 174 valence electrons. The maximum Gasteiger partial charge on any atom is 0.317 e. The highest BCUT2D eigenvalue weighted by Crippen LogP contribution is 2.34. The number of hydrogen-bond acceptors (Lipinski definition) is 7. The van der Waals surface area contributed by atoms with E-state index >= 15 is 0 Å². The van der Waals surface area contributed by atoms with Crippen molar-refractivity contribution in [1.29, 1.82) is 0 Å². The largest absolute Gasteiger partial charge is 0.496 e. The summed E-state index contributed by atoms with van der Waals surface area (Å²) in [7, 11) is 6.34. The molecular formula is C23H29ClN2O6. The fourth-order valence-corrected chi connectivity index (χ4v) is 3.31. The number of rotatable bonds is 13. The van der Waals surface area contributed by atoms with E-state index in [9.17, 15) is 4.79 Å². The van der Waals surface area contributed by atoms with E-state index < -0.39 is 5.97 Å². The van der Waals surface area contributed by atoms with Crippen LogP contribution in [0.4, 0.5) is 0 Å². The molecule has 3 N–H and O–H groups in total.